The van der Waals surface area contributed by atoms with Crippen molar-refractivity contribution in [1.29, 1.82) is 0 Å². The molecule has 0 N–H and O–H groups in total. The first-order valence-corrected chi connectivity index (χ1v) is 5.06. The number of rotatable bonds is 1. The first kappa shape index (κ1) is 9.02. The van der Waals surface area contributed by atoms with Crippen LogP contribution in [-0.2, 0) is 9.53 Å². The van der Waals surface area contributed by atoms with Gasteiger partial charge in [0.2, 0.25) is 0 Å². The van der Waals surface area contributed by atoms with E-state index in [-0.39, 0.29) is 12.8 Å². The zero-order valence-corrected chi connectivity index (χ0v) is 10.1. The van der Waals surface area contributed by atoms with Gasteiger partial charge in [-0.05, 0) is 13.3 Å². The van der Waals surface area contributed by atoms with Crippen LogP contribution in [0.15, 0.2) is 0 Å². The molecule has 1 fully saturated rings. The minimum Gasteiger partial charge on any atom is -0.469 e. The Hall–Kier alpha value is 0.930. The molecule has 58 valence electrons. The third-order valence-corrected chi connectivity index (χ3v) is 5.04. The Morgan fingerprint density at radius 2 is 2.00 bits per heavy atom. The molecule has 1 rings (SSSR count). The van der Waals surface area contributed by atoms with Crippen molar-refractivity contribution >= 4 is 51.2 Å². The molecule has 1 aliphatic rings. The van der Waals surface area contributed by atoms with Gasteiger partial charge >= 0.3 is 5.97 Å². The van der Waals surface area contributed by atoms with Crippen LogP contribution in [0.25, 0.3) is 0 Å². The second-order valence-corrected chi connectivity index (χ2v) is 8.45. The van der Waals surface area contributed by atoms with E-state index in [1.165, 1.54) is 7.11 Å². The predicted octanol–water partition coefficient (Wildman–Crippen LogP) is 2.14. The van der Waals surface area contributed by atoms with Gasteiger partial charge in [-0.3, -0.25) is 4.79 Å². The van der Waals surface area contributed by atoms with Crippen molar-refractivity contribution in [1.82, 2.24) is 0 Å². The van der Waals surface area contributed by atoms with Gasteiger partial charge < -0.3 is 4.74 Å². The quantitative estimate of drug-likeness (QED) is 0.404. The van der Waals surface area contributed by atoms with Crippen LogP contribution in [0.1, 0.15) is 13.3 Å². The third kappa shape index (κ3) is 1.17. The van der Waals surface area contributed by atoms with E-state index in [9.17, 15) is 4.79 Å². The molecular formula is C6H8I2O2. The molecule has 1 unspecified atom stereocenters. The minimum atomic E-state index is -0.233. The molecule has 0 aromatic rings. The summed E-state index contributed by atoms with van der Waals surface area (Å²) in [5.41, 5.74) is -0.233. The Bertz CT molecular complexity index is 179. The summed E-state index contributed by atoms with van der Waals surface area (Å²) in [6, 6.07) is 0. The molecule has 1 saturated carbocycles. The molecule has 0 bridgehead atoms. The normalized spacial score (nSPS) is 35.2. The number of ether oxygens (including phenoxy) is 1. The summed E-state index contributed by atoms with van der Waals surface area (Å²) in [7, 11) is 1.44. The number of esters is 1. The average Bonchev–Trinajstić information content (AvgIpc) is 2.32. The van der Waals surface area contributed by atoms with Crippen LogP contribution in [0.4, 0.5) is 0 Å². The molecule has 4 heteroatoms. The molecule has 0 heterocycles. The zero-order valence-electron chi connectivity index (χ0n) is 5.78. The van der Waals surface area contributed by atoms with Crippen molar-refractivity contribution in [3.63, 3.8) is 0 Å². The van der Waals surface area contributed by atoms with Crippen molar-refractivity contribution < 1.29 is 9.53 Å². The van der Waals surface area contributed by atoms with E-state index >= 15 is 0 Å². The Kier molecular flexibility index (Phi) is 2.22. The van der Waals surface area contributed by atoms with E-state index in [1.807, 2.05) is 6.92 Å². The number of hydrogen-bond donors (Lipinski definition) is 0. The SMILES string of the molecule is COC(=O)C1(C)CC1(I)I. The van der Waals surface area contributed by atoms with Crippen molar-refractivity contribution in [3.05, 3.63) is 0 Å². The number of methoxy groups -OCH3 is 1. The Morgan fingerprint density at radius 1 is 1.60 bits per heavy atom. The van der Waals surface area contributed by atoms with E-state index in [0.717, 1.165) is 6.42 Å². The fraction of sp³-hybridized carbons (Fsp3) is 0.833. The van der Waals surface area contributed by atoms with Gasteiger partial charge in [-0.2, -0.15) is 0 Å². The summed E-state index contributed by atoms with van der Waals surface area (Å²) in [5, 5.41) is 0. The fourth-order valence-electron chi connectivity index (χ4n) is 0.847. The molecule has 0 aliphatic heterocycles. The molecule has 0 amide bonds. The molecule has 1 aliphatic carbocycles. The maximum atomic E-state index is 11.1. The topological polar surface area (TPSA) is 26.3 Å². The first-order chi connectivity index (χ1) is 4.44. The molecule has 10 heavy (non-hydrogen) atoms. The highest BCUT2D eigenvalue weighted by Gasteiger charge is 2.67. The van der Waals surface area contributed by atoms with Crippen LogP contribution in [0.2, 0.25) is 0 Å². The van der Waals surface area contributed by atoms with E-state index in [4.69, 9.17) is 0 Å². The average molecular weight is 366 g/mol. The number of halogens is 2. The highest BCUT2D eigenvalue weighted by atomic mass is 127. The van der Waals surface area contributed by atoms with Gasteiger partial charge in [0, 0.05) is 0 Å². The van der Waals surface area contributed by atoms with Crippen molar-refractivity contribution in [2.45, 2.75) is 14.8 Å². The molecule has 0 aromatic carbocycles. The van der Waals surface area contributed by atoms with Crippen LogP contribution in [-0.4, -0.2) is 14.5 Å². The molecular weight excluding hydrogens is 358 g/mol. The lowest BCUT2D eigenvalue weighted by atomic mass is 10.1. The monoisotopic (exact) mass is 366 g/mol. The van der Waals surface area contributed by atoms with Gasteiger partial charge in [-0.15, -0.1) is 0 Å². The molecule has 1 atom stereocenters. The van der Waals surface area contributed by atoms with Crippen molar-refractivity contribution in [2.24, 2.45) is 5.41 Å². The summed E-state index contributed by atoms with van der Waals surface area (Å²) in [6.45, 7) is 1.94. The third-order valence-electron chi connectivity index (χ3n) is 1.89. The standard InChI is InChI=1S/C6H8I2O2/c1-5(4(9)10-2)3-6(5,7)8/h3H2,1-2H3. The van der Waals surface area contributed by atoms with E-state index in [1.54, 1.807) is 0 Å². The predicted molar refractivity (Wildman–Crippen MR) is 55.5 cm³/mol. The van der Waals surface area contributed by atoms with Crippen LogP contribution < -0.4 is 0 Å². The van der Waals surface area contributed by atoms with Crippen molar-refractivity contribution in [2.75, 3.05) is 7.11 Å². The second-order valence-electron chi connectivity index (χ2n) is 2.70. The van der Waals surface area contributed by atoms with E-state index in [2.05, 4.69) is 49.9 Å². The van der Waals surface area contributed by atoms with E-state index < -0.39 is 0 Å². The number of alkyl halides is 2. The van der Waals surface area contributed by atoms with Crippen LogP contribution >= 0.6 is 45.2 Å². The maximum absolute atomic E-state index is 11.1. The summed E-state index contributed by atoms with van der Waals surface area (Å²) in [5.74, 6) is -0.0868. The fourth-order valence-corrected chi connectivity index (χ4v) is 2.81. The van der Waals surface area contributed by atoms with Crippen LogP contribution in [0.5, 0.6) is 0 Å². The maximum Gasteiger partial charge on any atom is 0.313 e. The summed E-state index contributed by atoms with van der Waals surface area (Å²) in [4.78, 5) is 11.1. The van der Waals surface area contributed by atoms with Crippen molar-refractivity contribution in [3.8, 4) is 0 Å². The molecule has 0 aromatic heterocycles. The van der Waals surface area contributed by atoms with E-state index in [0.29, 0.717) is 0 Å². The number of hydrogen-bond acceptors (Lipinski definition) is 2. The van der Waals surface area contributed by atoms with Crippen LogP contribution in [0.3, 0.4) is 0 Å². The number of carbonyl (C=O) groups is 1. The van der Waals surface area contributed by atoms with Gasteiger partial charge in [0.25, 0.3) is 0 Å². The first-order valence-electron chi connectivity index (χ1n) is 2.90. The molecule has 2 nitrogen and oxygen atoms in total. The van der Waals surface area contributed by atoms with Gasteiger partial charge in [0.05, 0.1) is 14.0 Å². The smallest absolute Gasteiger partial charge is 0.313 e. The summed E-state index contributed by atoms with van der Waals surface area (Å²) in [6.07, 6.45) is 0.924. The largest absolute Gasteiger partial charge is 0.469 e. The van der Waals surface area contributed by atoms with Gasteiger partial charge in [0.1, 0.15) is 0 Å². The van der Waals surface area contributed by atoms with Gasteiger partial charge in [0.15, 0.2) is 0 Å². The summed E-state index contributed by atoms with van der Waals surface area (Å²) < 4.78 is 4.76. The molecule has 0 spiro atoms. The highest BCUT2D eigenvalue weighted by molar-refractivity contribution is 14.2. The zero-order chi connectivity index (χ0) is 7.99. The number of carbonyl (C=O) groups excluding carboxylic acids is 1. The van der Waals surface area contributed by atoms with Crippen LogP contribution in [0, 0.1) is 5.41 Å². The lowest BCUT2D eigenvalue weighted by Gasteiger charge is -2.08. The Labute approximate surface area is 87.4 Å². The molecule has 0 saturated heterocycles. The van der Waals surface area contributed by atoms with Gasteiger partial charge in [-0.25, -0.2) is 0 Å². The lowest BCUT2D eigenvalue weighted by Crippen LogP contribution is -2.18. The summed E-state index contributed by atoms with van der Waals surface area (Å²) >= 11 is 4.58. The van der Waals surface area contributed by atoms with Gasteiger partial charge in [-0.1, -0.05) is 45.2 Å². The molecule has 0 radical (unpaired) electrons. The minimum absolute atomic E-state index is 0.0868. The Morgan fingerprint density at radius 3 is 2.10 bits per heavy atom. The lowest BCUT2D eigenvalue weighted by molar-refractivity contribution is -0.146. The highest BCUT2D eigenvalue weighted by Crippen LogP contribution is 2.67. The Balaban J connectivity index is 2.68. The second kappa shape index (κ2) is 2.46.